The molecule has 0 spiro atoms. The van der Waals surface area contributed by atoms with Crippen molar-refractivity contribution in [3.05, 3.63) is 0 Å². The van der Waals surface area contributed by atoms with Gasteiger partial charge in [-0.2, -0.15) is 0 Å². The van der Waals surface area contributed by atoms with Gasteiger partial charge in [-0.1, -0.05) is 13.8 Å². The molecule has 2 aliphatic rings. The van der Waals surface area contributed by atoms with Crippen LogP contribution < -0.4 is 0 Å². The van der Waals surface area contributed by atoms with Crippen molar-refractivity contribution in [1.29, 1.82) is 0 Å². The molecule has 0 aliphatic heterocycles. The van der Waals surface area contributed by atoms with Crippen LogP contribution in [0.4, 0.5) is 0 Å². The smallest absolute Gasteiger partial charge is 0.0602 e. The predicted octanol–water partition coefficient (Wildman–Crippen LogP) is 1.17. The summed E-state index contributed by atoms with van der Waals surface area (Å²) in [5.74, 6) is 0.544. The summed E-state index contributed by atoms with van der Waals surface area (Å²) in [5, 5.41) is 19.2. The zero-order chi connectivity index (χ0) is 8.98. The van der Waals surface area contributed by atoms with Gasteiger partial charge in [0.25, 0.3) is 0 Å². The van der Waals surface area contributed by atoms with Gasteiger partial charge in [-0.25, -0.2) is 0 Å². The fourth-order valence-electron chi connectivity index (χ4n) is 3.31. The summed E-state index contributed by atoms with van der Waals surface area (Å²) in [6.07, 6.45) is 2.97. The van der Waals surface area contributed by atoms with Gasteiger partial charge in [0.05, 0.1) is 6.10 Å². The molecule has 0 aromatic carbocycles. The van der Waals surface area contributed by atoms with E-state index in [2.05, 4.69) is 13.8 Å². The lowest BCUT2D eigenvalue weighted by atomic mass is 9.69. The Hall–Kier alpha value is -0.0800. The van der Waals surface area contributed by atoms with Gasteiger partial charge in [0.15, 0.2) is 0 Å². The summed E-state index contributed by atoms with van der Waals surface area (Å²) in [7, 11) is 0. The molecule has 0 radical (unpaired) electrons. The number of aliphatic hydroxyl groups excluding tert-OH is 2. The Bertz CT molecular complexity index is 202. The lowest BCUT2D eigenvalue weighted by Crippen LogP contribution is -2.39. The van der Waals surface area contributed by atoms with Crippen molar-refractivity contribution < 1.29 is 10.2 Å². The Labute approximate surface area is 73.6 Å². The summed E-state index contributed by atoms with van der Waals surface area (Å²) in [4.78, 5) is 0. The molecular weight excluding hydrogens is 152 g/mol. The van der Waals surface area contributed by atoms with Crippen LogP contribution in [0.15, 0.2) is 0 Å². The predicted molar refractivity (Wildman–Crippen MR) is 46.6 cm³/mol. The van der Waals surface area contributed by atoms with Crippen LogP contribution >= 0.6 is 0 Å². The molecule has 2 N–H and O–H groups in total. The molecule has 2 rings (SSSR count). The first-order chi connectivity index (χ1) is 5.54. The highest BCUT2D eigenvalue weighted by atomic mass is 16.3. The van der Waals surface area contributed by atoms with Crippen molar-refractivity contribution >= 4 is 0 Å². The maximum absolute atomic E-state index is 9.83. The van der Waals surface area contributed by atoms with Crippen LogP contribution in [0, 0.1) is 16.7 Å². The molecule has 2 saturated carbocycles. The number of fused-ring (bicyclic) bond motifs is 2. The maximum atomic E-state index is 9.83. The van der Waals surface area contributed by atoms with Gasteiger partial charge in [0, 0.05) is 17.4 Å². The molecule has 1 unspecified atom stereocenters. The summed E-state index contributed by atoms with van der Waals surface area (Å²) in [5.41, 5.74) is -0.0428. The van der Waals surface area contributed by atoms with Crippen molar-refractivity contribution in [2.24, 2.45) is 16.7 Å². The fourth-order valence-corrected chi connectivity index (χ4v) is 3.31. The maximum Gasteiger partial charge on any atom is 0.0602 e. The van der Waals surface area contributed by atoms with Gasteiger partial charge in [0.2, 0.25) is 0 Å². The molecule has 2 aliphatic carbocycles. The van der Waals surface area contributed by atoms with Crippen LogP contribution in [0.2, 0.25) is 0 Å². The Morgan fingerprint density at radius 2 is 2.08 bits per heavy atom. The Morgan fingerprint density at radius 1 is 1.42 bits per heavy atom. The van der Waals surface area contributed by atoms with E-state index in [1.54, 1.807) is 0 Å². The molecule has 2 heteroatoms. The van der Waals surface area contributed by atoms with Crippen LogP contribution in [0.1, 0.15) is 33.1 Å². The quantitative estimate of drug-likeness (QED) is 0.620. The lowest BCUT2D eigenvalue weighted by molar-refractivity contribution is -0.0213. The van der Waals surface area contributed by atoms with Crippen LogP contribution in [0.25, 0.3) is 0 Å². The van der Waals surface area contributed by atoms with E-state index >= 15 is 0 Å². The van der Waals surface area contributed by atoms with Crippen LogP contribution in [0.5, 0.6) is 0 Å². The summed E-state index contributed by atoms with van der Waals surface area (Å²) < 4.78 is 0. The third kappa shape index (κ3) is 0.686. The molecule has 0 aromatic rings. The average molecular weight is 170 g/mol. The zero-order valence-electron chi connectivity index (χ0n) is 7.88. The van der Waals surface area contributed by atoms with E-state index < -0.39 is 0 Å². The highest BCUT2D eigenvalue weighted by molar-refractivity contribution is 5.12. The molecular formula is C10H18O2. The minimum absolute atomic E-state index is 0.0214. The molecule has 2 fully saturated rings. The van der Waals surface area contributed by atoms with Gasteiger partial charge in [-0.05, 0) is 25.2 Å². The highest BCUT2D eigenvalue weighted by Crippen LogP contribution is 2.65. The van der Waals surface area contributed by atoms with Crippen molar-refractivity contribution in [3.8, 4) is 0 Å². The largest absolute Gasteiger partial charge is 0.396 e. The molecule has 4 atom stereocenters. The third-order valence-electron chi connectivity index (χ3n) is 4.79. The fraction of sp³-hybridized carbons (Fsp3) is 1.00. The third-order valence-corrected chi connectivity index (χ3v) is 4.79. The first kappa shape index (κ1) is 8.52. The summed E-state index contributed by atoms with van der Waals surface area (Å²) in [6, 6.07) is 0. The second-order valence-corrected chi connectivity index (χ2v) is 4.98. The van der Waals surface area contributed by atoms with E-state index in [-0.39, 0.29) is 23.5 Å². The average Bonchev–Trinajstić information content (AvgIpc) is 2.39. The Morgan fingerprint density at radius 3 is 2.33 bits per heavy atom. The topological polar surface area (TPSA) is 40.5 Å². The van der Waals surface area contributed by atoms with E-state index in [1.807, 2.05) is 0 Å². The summed E-state index contributed by atoms with van der Waals surface area (Å²) >= 11 is 0. The van der Waals surface area contributed by atoms with E-state index in [0.29, 0.717) is 5.92 Å². The molecule has 0 amide bonds. The highest BCUT2D eigenvalue weighted by Gasteiger charge is 2.63. The monoisotopic (exact) mass is 170 g/mol. The Kier molecular flexibility index (Phi) is 1.59. The standard InChI is InChI=1S/C10H18O2/c1-9-4-3-7(5-8(9)12)10(9,2)6-11/h7-8,11-12H,3-6H2,1-2H3/t7-,8+,9?,10-/m1/s1. The van der Waals surface area contributed by atoms with E-state index in [4.69, 9.17) is 0 Å². The zero-order valence-corrected chi connectivity index (χ0v) is 7.88. The molecule has 2 nitrogen and oxygen atoms in total. The molecule has 70 valence electrons. The van der Waals surface area contributed by atoms with Gasteiger partial charge in [0.1, 0.15) is 0 Å². The molecule has 0 heterocycles. The number of hydrogen-bond donors (Lipinski definition) is 2. The van der Waals surface area contributed by atoms with Crippen molar-refractivity contribution in [2.45, 2.75) is 39.2 Å². The van der Waals surface area contributed by atoms with Gasteiger partial charge < -0.3 is 10.2 Å². The summed E-state index contributed by atoms with van der Waals surface area (Å²) in [6.45, 7) is 4.48. The second kappa shape index (κ2) is 2.24. The normalized spacial score (nSPS) is 58.0. The minimum Gasteiger partial charge on any atom is -0.396 e. The minimum atomic E-state index is -0.187. The molecule has 2 bridgehead atoms. The van der Waals surface area contributed by atoms with Gasteiger partial charge >= 0.3 is 0 Å². The van der Waals surface area contributed by atoms with Crippen molar-refractivity contribution in [2.75, 3.05) is 6.61 Å². The van der Waals surface area contributed by atoms with Crippen LogP contribution in [-0.2, 0) is 0 Å². The molecule has 0 aromatic heterocycles. The van der Waals surface area contributed by atoms with Crippen LogP contribution in [0.3, 0.4) is 0 Å². The van der Waals surface area contributed by atoms with Gasteiger partial charge in [-0.3, -0.25) is 0 Å². The van der Waals surface area contributed by atoms with Crippen molar-refractivity contribution in [3.63, 3.8) is 0 Å². The van der Waals surface area contributed by atoms with E-state index in [1.165, 1.54) is 6.42 Å². The lowest BCUT2D eigenvalue weighted by Gasteiger charge is -2.38. The van der Waals surface area contributed by atoms with E-state index in [9.17, 15) is 10.2 Å². The number of rotatable bonds is 1. The number of aliphatic hydroxyl groups is 2. The Balaban J connectivity index is 2.38. The van der Waals surface area contributed by atoms with E-state index in [0.717, 1.165) is 12.8 Å². The first-order valence-electron chi connectivity index (χ1n) is 4.83. The SMILES string of the molecule is CC12CC[C@H](C[C@@H]1O)[C@@]2(C)CO. The second-order valence-electron chi connectivity index (χ2n) is 4.98. The van der Waals surface area contributed by atoms with Crippen LogP contribution in [-0.4, -0.2) is 22.9 Å². The molecule has 12 heavy (non-hydrogen) atoms. The molecule has 0 saturated heterocycles. The van der Waals surface area contributed by atoms with Crippen molar-refractivity contribution in [1.82, 2.24) is 0 Å². The number of hydrogen-bond acceptors (Lipinski definition) is 2. The van der Waals surface area contributed by atoms with Gasteiger partial charge in [-0.15, -0.1) is 0 Å². The first-order valence-corrected chi connectivity index (χ1v) is 4.83.